The number of benzene rings is 2. The van der Waals surface area contributed by atoms with Crippen molar-refractivity contribution in [2.75, 3.05) is 22.4 Å². The first-order valence-corrected chi connectivity index (χ1v) is 12.5. The van der Waals surface area contributed by atoms with Gasteiger partial charge < -0.3 is 15.0 Å². The molecule has 1 fully saturated rings. The molecule has 1 heterocycles. The number of hydrogen-bond acceptors (Lipinski definition) is 5. The van der Waals surface area contributed by atoms with Gasteiger partial charge in [-0.2, -0.15) is 0 Å². The maximum atomic E-state index is 15.7. The number of nitrogens with zero attached hydrogens (tertiary/aromatic N) is 1. The highest BCUT2D eigenvalue weighted by atomic mass is 32.2. The van der Waals surface area contributed by atoms with Gasteiger partial charge in [0.05, 0.1) is 11.9 Å². The van der Waals surface area contributed by atoms with Crippen molar-refractivity contribution in [2.45, 2.75) is 45.3 Å². The number of nitrogens with one attached hydrogen (secondary N) is 2. The molecule has 1 atom stereocenters. The maximum absolute atomic E-state index is 15.7. The van der Waals surface area contributed by atoms with Crippen LogP contribution in [-0.2, 0) is 19.6 Å². The molecule has 0 aliphatic carbocycles. The fourth-order valence-electron chi connectivity index (χ4n) is 3.63. The van der Waals surface area contributed by atoms with Crippen LogP contribution in [-0.4, -0.2) is 44.9 Å². The molecule has 0 radical (unpaired) electrons. The SMILES string of the molecule is CC(C)(C)NC(=O)O[C@@H]1CCCN(c2c(F)cc(-c3ccccc3)c(NS(C)(=O)=O)c2F)C1=O. The van der Waals surface area contributed by atoms with Crippen LogP contribution in [0.1, 0.15) is 33.6 Å². The zero-order valence-corrected chi connectivity index (χ0v) is 20.1. The Hall–Kier alpha value is -3.21. The van der Waals surface area contributed by atoms with Crippen LogP contribution in [0.4, 0.5) is 25.0 Å². The number of sulfonamides is 1. The van der Waals surface area contributed by atoms with Crippen molar-refractivity contribution < 1.29 is 31.5 Å². The van der Waals surface area contributed by atoms with E-state index in [1.54, 1.807) is 51.1 Å². The molecule has 3 rings (SSSR count). The third kappa shape index (κ3) is 6.02. The molecule has 0 unspecified atom stereocenters. The zero-order valence-electron chi connectivity index (χ0n) is 19.3. The number of halogens is 2. The van der Waals surface area contributed by atoms with E-state index in [2.05, 4.69) is 10.0 Å². The Labute approximate surface area is 197 Å². The van der Waals surface area contributed by atoms with Crippen molar-refractivity contribution in [3.8, 4) is 11.1 Å². The molecule has 2 aromatic rings. The Morgan fingerprint density at radius 1 is 1.18 bits per heavy atom. The molecule has 34 heavy (non-hydrogen) atoms. The number of ether oxygens (including phenoxy) is 1. The van der Waals surface area contributed by atoms with Crippen LogP contribution in [0.15, 0.2) is 36.4 Å². The first-order valence-electron chi connectivity index (χ1n) is 10.6. The Kier molecular flexibility index (Phi) is 7.15. The zero-order chi connectivity index (χ0) is 25.3. The Morgan fingerprint density at radius 2 is 1.82 bits per heavy atom. The van der Waals surface area contributed by atoms with Crippen LogP contribution >= 0.6 is 0 Å². The standard InChI is InChI=1S/C23H27F2N3O5S/c1-23(2,3)26-22(30)33-17-11-8-12-28(21(17)29)20-16(24)13-15(14-9-6-5-7-10-14)19(18(20)25)27-34(4,31)32/h5-7,9-10,13,17,27H,8,11-12H2,1-4H3,(H,26,30)/t17-/m1/s1. The maximum Gasteiger partial charge on any atom is 0.408 e. The lowest BCUT2D eigenvalue weighted by Gasteiger charge is -2.33. The molecule has 0 spiro atoms. The third-order valence-corrected chi connectivity index (χ3v) is 5.53. The summed E-state index contributed by atoms with van der Waals surface area (Å²) in [7, 11) is -3.94. The highest BCUT2D eigenvalue weighted by molar-refractivity contribution is 7.92. The average molecular weight is 496 g/mol. The predicted octanol–water partition coefficient (Wildman–Crippen LogP) is 4.02. The van der Waals surface area contributed by atoms with E-state index in [0.717, 1.165) is 17.2 Å². The third-order valence-electron chi connectivity index (χ3n) is 4.95. The van der Waals surface area contributed by atoms with E-state index in [9.17, 15) is 18.0 Å². The van der Waals surface area contributed by atoms with Gasteiger partial charge >= 0.3 is 6.09 Å². The van der Waals surface area contributed by atoms with Crippen molar-refractivity contribution in [1.82, 2.24) is 5.32 Å². The smallest absolute Gasteiger partial charge is 0.408 e. The number of alkyl carbamates (subject to hydrolysis) is 1. The van der Waals surface area contributed by atoms with Crippen molar-refractivity contribution >= 4 is 33.4 Å². The van der Waals surface area contributed by atoms with Crippen molar-refractivity contribution in [3.05, 3.63) is 48.0 Å². The molecule has 8 nitrogen and oxygen atoms in total. The van der Waals surface area contributed by atoms with Crippen molar-refractivity contribution in [3.63, 3.8) is 0 Å². The summed E-state index contributed by atoms with van der Waals surface area (Å²) < 4.78 is 62.2. The molecule has 2 aromatic carbocycles. The molecule has 2 amide bonds. The van der Waals surface area contributed by atoms with E-state index in [1.165, 1.54) is 0 Å². The van der Waals surface area contributed by atoms with Gasteiger partial charge in [0.25, 0.3) is 5.91 Å². The van der Waals surface area contributed by atoms with Crippen molar-refractivity contribution in [1.29, 1.82) is 0 Å². The second-order valence-electron chi connectivity index (χ2n) is 9.08. The second kappa shape index (κ2) is 9.57. The summed E-state index contributed by atoms with van der Waals surface area (Å²) in [6, 6.07) is 9.11. The van der Waals surface area contributed by atoms with E-state index >= 15 is 8.78 Å². The minimum Gasteiger partial charge on any atom is -0.436 e. The van der Waals surface area contributed by atoms with Gasteiger partial charge in [0.15, 0.2) is 17.7 Å². The van der Waals surface area contributed by atoms with Crippen LogP contribution in [0.5, 0.6) is 0 Å². The summed E-state index contributed by atoms with van der Waals surface area (Å²) in [5.41, 5.74) is -1.44. The summed E-state index contributed by atoms with van der Waals surface area (Å²) in [6.45, 7) is 5.17. The van der Waals surface area contributed by atoms with E-state index in [-0.39, 0.29) is 18.5 Å². The fourth-order valence-corrected chi connectivity index (χ4v) is 4.20. The quantitative estimate of drug-likeness (QED) is 0.652. The monoisotopic (exact) mass is 495 g/mol. The van der Waals surface area contributed by atoms with Gasteiger partial charge in [-0.1, -0.05) is 30.3 Å². The molecule has 1 aliphatic heterocycles. The van der Waals surface area contributed by atoms with Gasteiger partial charge in [-0.05, 0) is 45.2 Å². The van der Waals surface area contributed by atoms with E-state index in [1.807, 2.05) is 0 Å². The van der Waals surface area contributed by atoms with Crippen LogP contribution in [0.3, 0.4) is 0 Å². The second-order valence-corrected chi connectivity index (χ2v) is 10.8. The molecular formula is C23H27F2N3O5S. The van der Waals surface area contributed by atoms with Gasteiger partial charge in [-0.25, -0.2) is 22.0 Å². The number of carbonyl (C=O) groups excluding carboxylic acids is 2. The Balaban J connectivity index is 2.02. The molecule has 2 N–H and O–H groups in total. The van der Waals surface area contributed by atoms with Crippen LogP contribution in [0.2, 0.25) is 0 Å². The van der Waals surface area contributed by atoms with E-state index in [4.69, 9.17) is 4.74 Å². The van der Waals surface area contributed by atoms with Gasteiger partial charge in [0.2, 0.25) is 10.0 Å². The first kappa shape index (κ1) is 25.4. The molecule has 1 saturated heterocycles. The summed E-state index contributed by atoms with van der Waals surface area (Å²) in [5, 5.41) is 2.57. The molecule has 0 bridgehead atoms. The molecule has 184 valence electrons. The number of hydrogen-bond donors (Lipinski definition) is 2. The van der Waals surface area contributed by atoms with Crippen LogP contribution in [0.25, 0.3) is 11.1 Å². The normalized spacial score (nSPS) is 16.8. The topological polar surface area (TPSA) is 105 Å². The lowest BCUT2D eigenvalue weighted by Crippen LogP contribution is -2.50. The summed E-state index contributed by atoms with van der Waals surface area (Å²) in [6.07, 6.45) is -0.726. The van der Waals surface area contributed by atoms with Crippen LogP contribution < -0.4 is 14.9 Å². The molecule has 1 aliphatic rings. The van der Waals surface area contributed by atoms with E-state index < -0.39 is 56.7 Å². The van der Waals surface area contributed by atoms with Gasteiger partial charge in [-0.15, -0.1) is 0 Å². The minimum atomic E-state index is -3.94. The summed E-state index contributed by atoms with van der Waals surface area (Å²) in [4.78, 5) is 26.0. The summed E-state index contributed by atoms with van der Waals surface area (Å²) >= 11 is 0. The highest BCUT2D eigenvalue weighted by Gasteiger charge is 2.37. The number of carbonyl (C=O) groups is 2. The molecule has 0 saturated carbocycles. The van der Waals surface area contributed by atoms with Gasteiger partial charge in [0, 0.05) is 17.6 Å². The lowest BCUT2D eigenvalue weighted by molar-refractivity contribution is -0.128. The number of amides is 2. The minimum absolute atomic E-state index is 0.0217. The lowest BCUT2D eigenvalue weighted by atomic mass is 10.0. The Morgan fingerprint density at radius 3 is 2.41 bits per heavy atom. The van der Waals surface area contributed by atoms with Crippen LogP contribution in [0, 0.1) is 11.6 Å². The predicted molar refractivity (Wildman–Crippen MR) is 125 cm³/mol. The number of anilines is 2. The first-order chi connectivity index (χ1) is 15.8. The van der Waals surface area contributed by atoms with Gasteiger partial charge in [0.1, 0.15) is 5.69 Å². The molecular weight excluding hydrogens is 468 g/mol. The van der Waals surface area contributed by atoms with Gasteiger partial charge in [-0.3, -0.25) is 9.52 Å². The van der Waals surface area contributed by atoms with E-state index in [0.29, 0.717) is 12.0 Å². The highest BCUT2D eigenvalue weighted by Crippen LogP contribution is 2.39. The Bertz CT molecular complexity index is 1200. The molecule has 11 heteroatoms. The number of piperidine rings is 1. The largest absolute Gasteiger partial charge is 0.436 e. The fraction of sp³-hybridized carbons (Fsp3) is 0.391. The average Bonchev–Trinajstić information content (AvgIpc) is 2.71. The molecule has 0 aromatic heterocycles. The number of rotatable bonds is 5. The van der Waals surface area contributed by atoms with Crippen molar-refractivity contribution in [2.24, 2.45) is 0 Å². The summed E-state index contributed by atoms with van der Waals surface area (Å²) in [5.74, 6) is -3.09.